The predicted molar refractivity (Wildman–Crippen MR) is 217 cm³/mol. The van der Waals surface area contributed by atoms with Crippen LogP contribution in [0.25, 0.3) is 22.4 Å². The summed E-state index contributed by atoms with van der Waals surface area (Å²) in [5.41, 5.74) is 3.88. The van der Waals surface area contributed by atoms with Crippen molar-refractivity contribution >= 4 is 52.0 Å². The van der Waals surface area contributed by atoms with E-state index in [1.165, 1.54) is 24.9 Å². The molecule has 5 N–H and O–H groups in total. The highest BCUT2D eigenvalue weighted by atomic mass is 19.1. The number of fused-ring (bicyclic) bond motifs is 1. The summed E-state index contributed by atoms with van der Waals surface area (Å²) in [4.78, 5) is 74.9. The molecule has 1 fully saturated rings. The van der Waals surface area contributed by atoms with Crippen molar-refractivity contribution in [2.45, 2.75) is 70.3 Å². The fraction of sp³-hybridized carbons (Fsp3) is 0.366. The summed E-state index contributed by atoms with van der Waals surface area (Å²) in [6.45, 7) is 0.485. The molecule has 6 rings (SSSR count). The van der Waals surface area contributed by atoms with Crippen LogP contribution < -0.4 is 37.0 Å². The van der Waals surface area contributed by atoms with E-state index in [4.69, 9.17) is 4.74 Å². The normalized spacial score (nSPS) is 13.9. The summed E-state index contributed by atoms with van der Waals surface area (Å²) in [5.74, 6) is -0.875. The number of imidazole rings is 1. The number of anilines is 3. The van der Waals surface area contributed by atoms with E-state index in [1.807, 2.05) is 18.2 Å². The average molecular weight is 795 g/mol. The van der Waals surface area contributed by atoms with Gasteiger partial charge in [0.2, 0.25) is 11.8 Å². The van der Waals surface area contributed by atoms with Crippen LogP contribution in [0.15, 0.2) is 65.8 Å². The van der Waals surface area contributed by atoms with E-state index in [0.717, 1.165) is 74.8 Å². The minimum Gasteiger partial charge on any atom is -0.494 e. The van der Waals surface area contributed by atoms with Gasteiger partial charge in [-0.1, -0.05) is 44.2 Å². The Labute approximate surface area is 334 Å². The Kier molecular flexibility index (Phi) is 13.4. The van der Waals surface area contributed by atoms with Gasteiger partial charge in [0, 0.05) is 39.3 Å². The number of hydrogen-bond donors (Lipinski definition) is 5. The Bertz CT molecular complexity index is 2360. The van der Waals surface area contributed by atoms with Crippen LogP contribution >= 0.6 is 0 Å². The molecule has 17 heteroatoms. The molecule has 1 atom stereocenters. The molecule has 16 nitrogen and oxygen atoms in total. The van der Waals surface area contributed by atoms with Crippen molar-refractivity contribution in [3.63, 3.8) is 0 Å². The van der Waals surface area contributed by atoms with Gasteiger partial charge >= 0.3 is 11.7 Å². The highest BCUT2D eigenvalue weighted by Gasteiger charge is 2.31. The number of imide groups is 1. The van der Waals surface area contributed by atoms with Crippen molar-refractivity contribution < 1.29 is 28.3 Å². The van der Waals surface area contributed by atoms with Gasteiger partial charge in [-0.25, -0.2) is 28.9 Å². The van der Waals surface area contributed by atoms with Crippen molar-refractivity contribution in [3.05, 3.63) is 88.5 Å². The molecule has 0 bridgehead atoms. The number of nitrogens with zero attached hydrogens (tertiary/aromatic N) is 5. The number of unbranched alkanes of at least 4 members (excludes halogenated alkanes) is 6. The highest BCUT2D eigenvalue weighted by Crippen LogP contribution is 2.37. The summed E-state index contributed by atoms with van der Waals surface area (Å²) in [6.07, 6.45) is 11.9. The molecule has 0 aliphatic carbocycles. The zero-order chi connectivity index (χ0) is 41.2. The molecule has 0 spiro atoms. The molecule has 1 aliphatic heterocycles. The first-order valence-electron chi connectivity index (χ1n) is 19.3. The molecule has 1 saturated heterocycles. The summed E-state index contributed by atoms with van der Waals surface area (Å²) in [7, 11) is 4.68. The summed E-state index contributed by atoms with van der Waals surface area (Å²) < 4.78 is 22.2. The molecule has 5 amide bonds. The maximum atomic E-state index is 13.5. The number of aryl methyl sites for hydroxylation is 2. The number of aromatic nitrogens is 5. The van der Waals surface area contributed by atoms with Crippen LogP contribution in [0.3, 0.4) is 0 Å². The number of amides is 5. The molecule has 58 heavy (non-hydrogen) atoms. The number of para-hydroxylation sites is 1. The number of pyridine rings is 1. The molecular weight excluding hydrogens is 748 g/mol. The quantitative estimate of drug-likeness (QED) is 0.0590. The third-order valence-electron chi connectivity index (χ3n) is 10.1. The molecule has 1 unspecified atom stereocenters. The molecule has 4 heterocycles. The van der Waals surface area contributed by atoms with Crippen LogP contribution in [0.5, 0.6) is 5.75 Å². The highest BCUT2D eigenvalue weighted by molar-refractivity contribution is 6.02. The third kappa shape index (κ3) is 9.65. The monoisotopic (exact) mass is 794 g/mol. The first kappa shape index (κ1) is 41.0. The Hall–Kier alpha value is -6.65. The van der Waals surface area contributed by atoms with Crippen LogP contribution in [-0.2, 0) is 23.1 Å². The summed E-state index contributed by atoms with van der Waals surface area (Å²) in [6, 6.07) is 11.5. The van der Waals surface area contributed by atoms with E-state index < -0.39 is 29.7 Å². The lowest BCUT2D eigenvalue weighted by Crippen LogP contribution is -2.44. The van der Waals surface area contributed by atoms with Crippen LogP contribution in [0.2, 0.25) is 0 Å². The third-order valence-corrected chi connectivity index (χ3v) is 10.1. The lowest BCUT2D eigenvalue weighted by atomic mass is 10.0. The number of nitrogens with one attached hydrogen (secondary N) is 5. The summed E-state index contributed by atoms with van der Waals surface area (Å²) in [5, 5.41) is 13.7. The zero-order valence-corrected chi connectivity index (χ0v) is 32.7. The van der Waals surface area contributed by atoms with Crippen molar-refractivity contribution in [1.29, 1.82) is 0 Å². The van der Waals surface area contributed by atoms with E-state index in [0.29, 0.717) is 41.2 Å². The maximum absolute atomic E-state index is 13.5. The number of ether oxygens (including phenoxy) is 1. The van der Waals surface area contributed by atoms with Gasteiger partial charge < -0.3 is 20.7 Å². The molecule has 2 aromatic carbocycles. The number of piperidine rings is 1. The van der Waals surface area contributed by atoms with Gasteiger partial charge in [-0.15, -0.1) is 0 Å². The lowest BCUT2D eigenvalue weighted by Gasteiger charge is -2.21. The van der Waals surface area contributed by atoms with Gasteiger partial charge in [-0.05, 0) is 55.5 Å². The second kappa shape index (κ2) is 19.0. The Morgan fingerprint density at radius 1 is 0.914 bits per heavy atom. The minimum absolute atomic E-state index is 0.205. The molecule has 0 saturated carbocycles. The van der Waals surface area contributed by atoms with E-state index in [-0.39, 0.29) is 35.2 Å². The SMILES string of the molecule is CNC(=O)c1cnc(NC(=O)NCCCCCCCCCc2ccc3c(c2)n(C)c(=O)n3C2CCC(=O)NC2=O)cc1Nc1cccc(-c2ncc(F)cn2)c1OC. The number of urea groups is 1. The fourth-order valence-corrected chi connectivity index (χ4v) is 7.07. The lowest BCUT2D eigenvalue weighted by molar-refractivity contribution is -0.135. The maximum Gasteiger partial charge on any atom is 0.329 e. The average Bonchev–Trinajstić information content (AvgIpc) is 3.46. The first-order valence-corrected chi connectivity index (χ1v) is 19.3. The minimum atomic E-state index is -0.697. The molecule has 1 aliphatic rings. The number of halogens is 1. The van der Waals surface area contributed by atoms with Crippen LogP contribution in [0.1, 0.15) is 79.8 Å². The Morgan fingerprint density at radius 3 is 2.38 bits per heavy atom. The second-order valence-electron chi connectivity index (χ2n) is 14.0. The summed E-state index contributed by atoms with van der Waals surface area (Å²) >= 11 is 0. The van der Waals surface area contributed by atoms with Gasteiger partial charge in [0.25, 0.3) is 5.91 Å². The number of rotatable bonds is 17. The van der Waals surface area contributed by atoms with Gasteiger partial charge in [0.05, 0.1) is 53.0 Å². The van der Waals surface area contributed by atoms with E-state index >= 15 is 0 Å². The largest absolute Gasteiger partial charge is 0.494 e. The topological polar surface area (TPSA) is 203 Å². The van der Waals surface area contributed by atoms with Gasteiger partial charge in [0.1, 0.15) is 11.9 Å². The second-order valence-corrected chi connectivity index (χ2v) is 14.0. The Balaban J connectivity index is 0.925. The molecular formula is C41H47FN10O6. The van der Waals surface area contributed by atoms with Crippen molar-refractivity contribution in [2.75, 3.05) is 31.3 Å². The number of hydrogen-bond acceptors (Lipinski definition) is 10. The van der Waals surface area contributed by atoms with Crippen LogP contribution in [-0.4, -0.2) is 68.5 Å². The standard InChI is InChI=1S/C41H47FN10O6/c1-43-38(54)28-24-45-34(21-30(28)48-29-14-11-13-27(36(29)58-3)37-46-22-26(42)23-47-37)49-40(56)44-19-10-8-6-4-5-7-9-12-25-15-16-31-33(20-25)51(2)41(57)52(31)32-17-18-35(53)50-39(32)55/h11,13-16,20-24,32H,4-10,12,17-19H2,1-3H3,(H,43,54)(H,50,53,55)(H3,44,45,48,49,56). The first-order chi connectivity index (χ1) is 28.1. The van der Waals surface area contributed by atoms with E-state index in [9.17, 15) is 28.4 Å². The number of carbonyl (C=O) groups excluding carboxylic acids is 4. The molecule has 3 aromatic heterocycles. The van der Waals surface area contributed by atoms with Crippen LogP contribution in [0, 0.1) is 5.82 Å². The van der Waals surface area contributed by atoms with Crippen molar-refractivity contribution in [3.8, 4) is 17.1 Å². The smallest absolute Gasteiger partial charge is 0.329 e. The predicted octanol–water partition coefficient (Wildman–Crippen LogP) is 5.52. The number of methoxy groups -OCH3 is 1. The number of benzene rings is 2. The van der Waals surface area contributed by atoms with Gasteiger partial charge in [0.15, 0.2) is 17.4 Å². The van der Waals surface area contributed by atoms with E-state index in [2.05, 4.69) is 41.5 Å². The fourth-order valence-electron chi connectivity index (χ4n) is 7.07. The van der Waals surface area contributed by atoms with Gasteiger partial charge in [-0.2, -0.15) is 0 Å². The van der Waals surface area contributed by atoms with Gasteiger partial charge in [-0.3, -0.25) is 34.2 Å². The van der Waals surface area contributed by atoms with Crippen molar-refractivity contribution in [1.82, 2.24) is 40.0 Å². The van der Waals surface area contributed by atoms with Crippen LogP contribution in [0.4, 0.5) is 26.4 Å². The van der Waals surface area contributed by atoms with E-state index in [1.54, 1.807) is 35.9 Å². The van der Waals surface area contributed by atoms with Crippen molar-refractivity contribution in [2.24, 2.45) is 7.05 Å². The zero-order valence-electron chi connectivity index (χ0n) is 32.7. The molecule has 304 valence electrons. The Morgan fingerprint density at radius 2 is 1.66 bits per heavy atom. The molecule has 0 radical (unpaired) electrons. The molecule has 5 aromatic rings. The number of carbonyl (C=O) groups is 4.